The third-order valence-corrected chi connectivity index (χ3v) is 2.71. The molecule has 3 N–H and O–H groups in total. The molecule has 0 heterocycles. The molecule has 0 aliphatic carbocycles. The Morgan fingerprint density at radius 3 is 2.05 bits per heavy atom. The summed E-state index contributed by atoms with van der Waals surface area (Å²) in [6, 6.07) is 7.09. The first-order chi connectivity index (χ1) is 9.42. The SMILES string of the molecule is CCC(=O)Nc1ccc(NC(=S)NC(=O)C(C)C)cc1. The zero-order valence-corrected chi connectivity index (χ0v) is 12.6. The first kappa shape index (κ1) is 16.1. The van der Waals surface area contributed by atoms with Crippen molar-refractivity contribution < 1.29 is 9.59 Å². The van der Waals surface area contributed by atoms with Crippen LogP contribution in [0, 0.1) is 5.92 Å². The minimum Gasteiger partial charge on any atom is -0.332 e. The van der Waals surface area contributed by atoms with E-state index < -0.39 is 0 Å². The molecule has 0 saturated carbocycles. The van der Waals surface area contributed by atoms with Gasteiger partial charge in [-0.1, -0.05) is 20.8 Å². The molecular formula is C14H19N3O2S. The van der Waals surface area contributed by atoms with Gasteiger partial charge in [0, 0.05) is 23.7 Å². The lowest BCUT2D eigenvalue weighted by Crippen LogP contribution is -2.36. The quantitative estimate of drug-likeness (QED) is 0.746. The van der Waals surface area contributed by atoms with Gasteiger partial charge in [0.1, 0.15) is 0 Å². The molecule has 1 aromatic carbocycles. The van der Waals surface area contributed by atoms with Crippen molar-refractivity contribution in [3.05, 3.63) is 24.3 Å². The number of amides is 2. The van der Waals surface area contributed by atoms with E-state index in [2.05, 4.69) is 16.0 Å². The van der Waals surface area contributed by atoms with Crippen molar-refractivity contribution in [2.45, 2.75) is 27.2 Å². The average molecular weight is 293 g/mol. The average Bonchev–Trinajstić information content (AvgIpc) is 2.40. The Labute approximate surface area is 124 Å². The Balaban J connectivity index is 2.55. The molecule has 108 valence electrons. The standard InChI is InChI=1S/C14H19N3O2S/c1-4-12(18)15-10-5-7-11(8-6-10)16-14(20)17-13(19)9(2)3/h5-9H,4H2,1-3H3,(H,15,18)(H2,16,17,19,20). The number of carbonyl (C=O) groups excluding carboxylic acids is 2. The van der Waals surface area contributed by atoms with E-state index >= 15 is 0 Å². The molecule has 0 radical (unpaired) electrons. The van der Waals surface area contributed by atoms with E-state index in [-0.39, 0.29) is 22.8 Å². The first-order valence-corrected chi connectivity index (χ1v) is 6.85. The summed E-state index contributed by atoms with van der Waals surface area (Å²) < 4.78 is 0. The summed E-state index contributed by atoms with van der Waals surface area (Å²) in [6.07, 6.45) is 0.436. The lowest BCUT2D eigenvalue weighted by molar-refractivity contribution is -0.122. The molecule has 5 nitrogen and oxygen atoms in total. The number of thiocarbonyl (C=S) groups is 1. The maximum Gasteiger partial charge on any atom is 0.228 e. The van der Waals surface area contributed by atoms with Gasteiger partial charge in [-0.05, 0) is 36.5 Å². The Morgan fingerprint density at radius 1 is 1.10 bits per heavy atom. The van der Waals surface area contributed by atoms with Crippen LogP contribution in [0.1, 0.15) is 27.2 Å². The molecule has 0 bridgehead atoms. The number of hydrogen-bond donors (Lipinski definition) is 3. The summed E-state index contributed by atoms with van der Waals surface area (Å²) in [6.45, 7) is 5.38. The predicted octanol–water partition coefficient (Wildman–Crippen LogP) is 2.50. The maximum atomic E-state index is 11.5. The van der Waals surface area contributed by atoms with Crippen LogP contribution in [0.15, 0.2) is 24.3 Å². The Morgan fingerprint density at radius 2 is 1.60 bits per heavy atom. The van der Waals surface area contributed by atoms with Crippen LogP contribution in [-0.4, -0.2) is 16.9 Å². The summed E-state index contributed by atoms with van der Waals surface area (Å²) >= 11 is 5.04. The number of hydrogen-bond acceptors (Lipinski definition) is 3. The summed E-state index contributed by atoms with van der Waals surface area (Å²) in [7, 11) is 0. The second kappa shape index (κ2) is 7.59. The predicted molar refractivity (Wildman–Crippen MR) is 84.6 cm³/mol. The molecule has 0 atom stereocenters. The Kier molecular flexibility index (Phi) is 6.11. The number of anilines is 2. The van der Waals surface area contributed by atoms with E-state index in [1.54, 1.807) is 45.0 Å². The molecule has 0 saturated heterocycles. The topological polar surface area (TPSA) is 70.2 Å². The zero-order valence-electron chi connectivity index (χ0n) is 11.8. The van der Waals surface area contributed by atoms with Gasteiger partial charge in [0.15, 0.2) is 5.11 Å². The highest BCUT2D eigenvalue weighted by Gasteiger charge is 2.08. The smallest absolute Gasteiger partial charge is 0.228 e. The summed E-state index contributed by atoms with van der Waals surface area (Å²) in [5.74, 6) is -0.291. The highest BCUT2D eigenvalue weighted by atomic mass is 32.1. The molecule has 6 heteroatoms. The first-order valence-electron chi connectivity index (χ1n) is 6.44. The van der Waals surface area contributed by atoms with Crippen LogP contribution < -0.4 is 16.0 Å². The van der Waals surface area contributed by atoms with Crippen LogP contribution in [0.4, 0.5) is 11.4 Å². The molecule has 2 amide bonds. The van der Waals surface area contributed by atoms with Crippen LogP contribution in [-0.2, 0) is 9.59 Å². The van der Waals surface area contributed by atoms with Gasteiger partial charge in [0.25, 0.3) is 0 Å². The van der Waals surface area contributed by atoms with Gasteiger partial charge in [0.05, 0.1) is 0 Å². The van der Waals surface area contributed by atoms with Gasteiger partial charge in [-0.15, -0.1) is 0 Å². The lowest BCUT2D eigenvalue weighted by atomic mass is 10.2. The van der Waals surface area contributed by atoms with Crippen molar-refractivity contribution in [1.29, 1.82) is 0 Å². The van der Waals surface area contributed by atoms with Gasteiger partial charge in [-0.2, -0.15) is 0 Å². The van der Waals surface area contributed by atoms with E-state index in [0.717, 1.165) is 11.4 Å². The van der Waals surface area contributed by atoms with E-state index in [0.29, 0.717) is 6.42 Å². The van der Waals surface area contributed by atoms with Crippen LogP contribution in [0.5, 0.6) is 0 Å². The minimum absolute atomic E-state index is 0.0366. The fraction of sp³-hybridized carbons (Fsp3) is 0.357. The van der Waals surface area contributed by atoms with Crippen molar-refractivity contribution in [3.8, 4) is 0 Å². The van der Waals surface area contributed by atoms with Crippen molar-refractivity contribution >= 4 is 40.5 Å². The van der Waals surface area contributed by atoms with Crippen molar-refractivity contribution in [2.75, 3.05) is 10.6 Å². The third-order valence-electron chi connectivity index (χ3n) is 2.51. The molecular weight excluding hydrogens is 274 g/mol. The van der Waals surface area contributed by atoms with Gasteiger partial charge < -0.3 is 16.0 Å². The van der Waals surface area contributed by atoms with Crippen molar-refractivity contribution in [3.63, 3.8) is 0 Å². The number of nitrogens with one attached hydrogen (secondary N) is 3. The van der Waals surface area contributed by atoms with Crippen molar-refractivity contribution in [2.24, 2.45) is 5.92 Å². The number of benzene rings is 1. The molecule has 0 aliphatic heterocycles. The molecule has 1 rings (SSSR count). The van der Waals surface area contributed by atoms with E-state index in [1.165, 1.54) is 0 Å². The maximum absolute atomic E-state index is 11.5. The molecule has 0 spiro atoms. The zero-order chi connectivity index (χ0) is 15.1. The normalized spacial score (nSPS) is 10.0. The van der Waals surface area contributed by atoms with Crippen LogP contribution in [0.2, 0.25) is 0 Å². The minimum atomic E-state index is -0.130. The molecule has 0 fully saturated rings. The molecule has 0 aliphatic rings. The van der Waals surface area contributed by atoms with Gasteiger partial charge in [-0.3, -0.25) is 9.59 Å². The van der Waals surface area contributed by atoms with E-state index in [4.69, 9.17) is 12.2 Å². The fourth-order valence-electron chi connectivity index (χ4n) is 1.30. The van der Waals surface area contributed by atoms with Crippen LogP contribution in [0.3, 0.4) is 0 Å². The summed E-state index contributed by atoms with van der Waals surface area (Å²) in [5.41, 5.74) is 1.47. The highest BCUT2D eigenvalue weighted by molar-refractivity contribution is 7.80. The van der Waals surface area contributed by atoms with Crippen LogP contribution in [0.25, 0.3) is 0 Å². The van der Waals surface area contributed by atoms with Crippen LogP contribution >= 0.6 is 12.2 Å². The van der Waals surface area contributed by atoms with Crippen molar-refractivity contribution in [1.82, 2.24) is 5.32 Å². The van der Waals surface area contributed by atoms with Gasteiger partial charge >= 0.3 is 0 Å². The summed E-state index contributed by atoms with van der Waals surface area (Å²) in [4.78, 5) is 22.7. The molecule has 1 aromatic rings. The monoisotopic (exact) mass is 293 g/mol. The second-order valence-corrected chi connectivity index (χ2v) is 4.99. The Bertz CT molecular complexity index is 498. The molecule has 0 unspecified atom stereocenters. The Hall–Kier alpha value is -1.95. The highest BCUT2D eigenvalue weighted by Crippen LogP contribution is 2.13. The molecule has 20 heavy (non-hydrogen) atoms. The number of rotatable bonds is 4. The largest absolute Gasteiger partial charge is 0.332 e. The second-order valence-electron chi connectivity index (χ2n) is 4.58. The summed E-state index contributed by atoms with van der Waals surface area (Å²) in [5, 5.41) is 8.51. The molecule has 0 aromatic heterocycles. The van der Waals surface area contributed by atoms with E-state index in [9.17, 15) is 9.59 Å². The fourth-order valence-corrected chi connectivity index (χ4v) is 1.52. The van der Waals surface area contributed by atoms with Gasteiger partial charge in [-0.25, -0.2) is 0 Å². The lowest BCUT2D eigenvalue weighted by Gasteiger charge is -2.11. The third kappa shape index (κ3) is 5.36. The van der Waals surface area contributed by atoms with Gasteiger partial charge in [0.2, 0.25) is 11.8 Å². The number of carbonyl (C=O) groups is 2. The van der Waals surface area contributed by atoms with E-state index in [1.807, 2.05) is 0 Å².